The summed E-state index contributed by atoms with van der Waals surface area (Å²) in [5, 5.41) is 0. The van der Waals surface area contributed by atoms with Crippen LogP contribution in [0.15, 0.2) is 0 Å². The number of ether oxygens (including phenoxy) is 1. The maximum atomic E-state index is 5.77. The van der Waals surface area contributed by atoms with E-state index >= 15 is 0 Å². The van der Waals surface area contributed by atoms with E-state index in [-0.39, 0.29) is 0 Å². The molecule has 1 aliphatic rings. The Morgan fingerprint density at radius 1 is 1.50 bits per heavy atom. The lowest BCUT2D eigenvalue weighted by Gasteiger charge is -2.36. The van der Waals surface area contributed by atoms with Gasteiger partial charge in [0.25, 0.3) is 0 Å². The molecule has 1 heterocycles. The molecule has 84 valence electrons. The van der Waals surface area contributed by atoms with Gasteiger partial charge in [0.15, 0.2) is 0 Å². The summed E-state index contributed by atoms with van der Waals surface area (Å²) in [6.07, 6.45) is 3.95. The van der Waals surface area contributed by atoms with E-state index in [1.165, 1.54) is 25.8 Å². The van der Waals surface area contributed by atoms with E-state index in [4.69, 9.17) is 10.5 Å². The highest BCUT2D eigenvalue weighted by Gasteiger charge is 2.22. The van der Waals surface area contributed by atoms with Gasteiger partial charge in [-0.15, -0.1) is 0 Å². The van der Waals surface area contributed by atoms with Crippen LogP contribution in [0.3, 0.4) is 0 Å². The average Bonchev–Trinajstić information content (AvgIpc) is 2.19. The van der Waals surface area contributed by atoms with Gasteiger partial charge in [-0.25, -0.2) is 0 Å². The van der Waals surface area contributed by atoms with E-state index < -0.39 is 0 Å². The molecule has 1 fully saturated rings. The summed E-state index contributed by atoms with van der Waals surface area (Å²) < 4.78 is 5.16. The standard InChI is InChI=1S/C11H24N2O/c1-10(9-14-2)8-13-6-4-3-5-11(13)7-12/h10-11H,3-9,12H2,1-2H3. The molecule has 0 aliphatic carbocycles. The molecule has 3 heteroatoms. The van der Waals surface area contributed by atoms with Crippen LogP contribution in [0.4, 0.5) is 0 Å². The van der Waals surface area contributed by atoms with Gasteiger partial charge in [0.1, 0.15) is 0 Å². The second kappa shape index (κ2) is 6.38. The molecule has 0 aromatic carbocycles. The number of methoxy groups -OCH3 is 1. The first kappa shape index (κ1) is 12.0. The van der Waals surface area contributed by atoms with Crippen molar-refractivity contribution in [1.82, 2.24) is 4.90 Å². The van der Waals surface area contributed by atoms with Crippen LogP contribution < -0.4 is 5.73 Å². The molecule has 0 amide bonds. The highest BCUT2D eigenvalue weighted by molar-refractivity contribution is 4.78. The minimum absolute atomic E-state index is 0.614. The largest absolute Gasteiger partial charge is 0.384 e. The maximum absolute atomic E-state index is 5.77. The molecule has 1 aliphatic heterocycles. The minimum Gasteiger partial charge on any atom is -0.384 e. The first-order valence-electron chi connectivity index (χ1n) is 5.71. The van der Waals surface area contributed by atoms with Gasteiger partial charge in [-0.05, 0) is 25.3 Å². The fourth-order valence-electron chi connectivity index (χ4n) is 2.30. The molecule has 0 aromatic rings. The van der Waals surface area contributed by atoms with Gasteiger partial charge in [0.2, 0.25) is 0 Å². The van der Waals surface area contributed by atoms with Crippen LogP contribution >= 0.6 is 0 Å². The molecule has 0 spiro atoms. The number of hydrogen-bond donors (Lipinski definition) is 1. The lowest BCUT2D eigenvalue weighted by atomic mass is 10.0. The number of nitrogens with two attached hydrogens (primary N) is 1. The third kappa shape index (κ3) is 3.56. The Morgan fingerprint density at radius 3 is 2.93 bits per heavy atom. The predicted octanol–water partition coefficient (Wildman–Crippen LogP) is 1.08. The van der Waals surface area contributed by atoms with Gasteiger partial charge >= 0.3 is 0 Å². The van der Waals surface area contributed by atoms with E-state index in [0.29, 0.717) is 12.0 Å². The van der Waals surface area contributed by atoms with Crippen molar-refractivity contribution in [2.75, 3.05) is 33.4 Å². The third-order valence-corrected chi connectivity index (χ3v) is 3.02. The Morgan fingerprint density at radius 2 is 2.29 bits per heavy atom. The first-order chi connectivity index (χ1) is 6.77. The number of hydrogen-bond acceptors (Lipinski definition) is 3. The molecular weight excluding hydrogens is 176 g/mol. The SMILES string of the molecule is COCC(C)CN1CCCCC1CN. The van der Waals surface area contributed by atoms with E-state index in [9.17, 15) is 0 Å². The van der Waals surface area contributed by atoms with Crippen molar-refractivity contribution in [3.05, 3.63) is 0 Å². The van der Waals surface area contributed by atoms with Gasteiger partial charge < -0.3 is 10.5 Å². The van der Waals surface area contributed by atoms with Gasteiger partial charge in [-0.3, -0.25) is 4.90 Å². The zero-order valence-electron chi connectivity index (χ0n) is 9.54. The zero-order valence-corrected chi connectivity index (χ0v) is 9.54. The average molecular weight is 200 g/mol. The number of nitrogens with zero attached hydrogens (tertiary/aromatic N) is 1. The number of rotatable bonds is 5. The fraction of sp³-hybridized carbons (Fsp3) is 1.00. The number of piperidine rings is 1. The van der Waals surface area contributed by atoms with Crippen molar-refractivity contribution in [1.29, 1.82) is 0 Å². The fourth-order valence-corrected chi connectivity index (χ4v) is 2.30. The molecule has 0 bridgehead atoms. The van der Waals surface area contributed by atoms with Crippen LogP contribution in [0.1, 0.15) is 26.2 Å². The summed E-state index contributed by atoms with van der Waals surface area (Å²) in [6.45, 7) is 6.25. The normalized spacial score (nSPS) is 26.4. The molecule has 0 saturated carbocycles. The molecule has 0 aromatic heterocycles. The zero-order chi connectivity index (χ0) is 10.4. The van der Waals surface area contributed by atoms with E-state index in [1.54, 1.807) is 7.11 Å². The van der Waals surface area contributed by atoms with Crippen LogP contribution in [-0.2, 0) is 4.74 Å². The molecule has 1 saturated heterocycles. The van der Waals surface area contributed by atoms with E-state index in [2.05, 4.69) is 11.8 Å². The summed E-state index contributed by atoms with van der Waals surface area (Å²) in [4.78, 5) is 2.53. The van der Waals surface area contributed by atoms with Crippen molar-refractivity contribution < 1.29 is 4.74 Å². The van der Waals surface area contributed by atoms with E-state index in [0.717, 1.165) is 19.7 Å². The van der Waals surface area contributed by atoms with Crippen molar-refractivity contribution in [2.24, 2.45) is 11.7 Å². The molecule has 2 atom stereocenters. The smallest absolute Gasteiger partial charge is 0.0500 e. The molecule has 2 N–H and O–H groups in total. The first-order valence-corrected chi connectivity index (χ1v) is 5.71. The van der Waals surface area contributed by atoms with Crippen molar-refractivity contribution >= 4 is 0 Å². The third-order valence-electron chi connectivity index (χ3n) is 3.02. The molecule has 1 rings (SSSR count). The summed E-state index contributed by atoms with van der Waals surface area (Å²) in [7, 11) is 1.77. The Balaban J connectivity index is 2.32. The summed E-state index contributed by atoms with van der Waals surface area (Å²) in [5.74, 6) is 0.618. The van der Waals surface area contributed by atoms with Gasteiger partial charge in [0.05, 0.1) is 0 Å². The summed E-state index contributed by atoms with van der Waals surface area (Å²) >= 11 is 0. The Kier molecular flexibility index (Phi) is 5.45. The summed E-state index contributed by atoms with van der Waals surface area (Å²) in [5.41, 5.74) is 5.77. The second-order valence-corrected chi connectivity index (χ2v) is 4.44. The maximum Gasteiger partial charge on any atom is 0.0500 e. The lowest BCUT2D eigenvalue weighted by molar-refractivity contribution is 0.0923. The van der Waals surface area contributed by atoms with Crippen LogP contribution in [0.5, 0.6) is 0 Å². The van der Waals surface area contributed by atoms with Crippen molar-refractivity contribution in [3.63, 3.8) is 0 Å². The summed E-state index contributed by atoms with van der Waals surface area (Å²) in [6, 6.07) is 0.614. The lowest BCUT2D eigenvalue weighted by Crippen LogP contribution is -2.46. The molecule has 0 radical (unpaired) electrons. The predicted molar refractivity (Wildman–Crippen MR) is 59.3 cm³/mol. The monoisotopic (exact) mass is 200 g/mol. The minimum atomic E-state index is 0.614. The van der Waals surface area contributed by atoms with Crippen molar-refractivity contribution in [2.45, 2.75) is 32.2 Å². The topological polar surface area (TPSA) is 38.5 Å². The van der Waals surface area contributed by atoms with Crippen LogP contribution in [-0.4, -0.2) is 44.3 Å². The Bertz CT molecular complexity index is 152. The van der Waals surface area contributed by atoms with Gasteiger partial charge in [-0.2, -0.15) is 0 Å². The van der Waals surface area contributed by atoms with Crippen LogP contribution in [0.25, 0.3) is 0 Å². The highest BCUT2D eigenvalue weighted by Crippen LogP contribution is 2.17. The molecule has 2 unspecified atom stereocenters. The van der Waals surface area contributed by atoms with Crippen molar-refractivity contribution in [3.8, 4) is 0 Å². The Hall–Kier alpha value is -0.120. The quantitative estimate of drug-likeness (QED) is 0.722. The highest BCUT2D eigenvalue weighted by atomic mass is 16.5. The van der Waals surface area contributed by atoms with Gasteiger partial charge in [-0.1, -0.05) is 13.3 Å². The second-order valence-electron chi connectivity index (χ2n) is 4.44. The molecule has 3 nitrogen and oxygen atoms in total. The van der Waals surface area contributed by atoms with Gasteiger partial charge in [0, 0.05) is 32.8 Å². The Labute approximate surface area is 87.6 Å². The molecular formula is C11H24N2O. The molecule has 14 heavy (non-hydrogen) atoms. The van der Waals surface area contributed by atoms with E-state index in [1.807, 2.05) is 0 Å². The van der Waals surface area contributed by atoms with Crippen LogP contribution in [0, 0.1) is 5.92 Å². The number of likely N-dealkylation sites (tertiary alicyclic amines) is 1. The van der Waals surface area contributed by atoms with Crippen LogP contribution in [0.2, 0.25) is 0 Å².